The highest BCUT2D eigenvalue weighted by molar-refractivity contribution is 5.95. The highest BCUT2D eigenvalue weighted by atomic mass is 16.5. The number of nitriles is 1. The Hall–Kier alpha value is -1.90. The summed E-state index contributed by atoms with van der Waals surface area (Å²) >= 11 is 0. The third kappa shape index (κ3) is 3.81. The Morgan fingerprint density at radius 1 is 1.43 bits per heavy atom. The average Bonchev–Trinajstić information content (AvgIpc) is 2.54. The van der Waals surface area contributed by atoms with Crippen molar-refractivity contribution >= 4 is 11.6 Å². The van der Waals surface area contributed by atoms with Crippen LogP contribution >= 0.6 is 0 Å². The van der Waals surface area contributed by atoms with Gasteiger partial charge in [-0.05, 0) is 38.9 Å². The van der Waals surface area contributed by atoms with Gasteiger partial charge in [0.05, 0.1) is 17.3 Å². The van der Waals surface area contributed by atoms with Gasteiger partial charge < -0.3 is 10.1 Å². The van der Waals surface area contributed by atoms with E-state index in [1.165, 1.54) is 0 Å². The second kappa shape index (κ2) is 7.21. The Labute approximate surface area is 125 Å². The number of para-hydroxylation sites is 1. The van der Waals surface area contributed by atoms with Gasteiger partial charge in [0.1, 0.15) is 6.07 Å². The number of carbonyl (C=O) groups excluding carboxylic acids is 1. The van der Waals surface area contributed by atoms with E-state index in [-0.39, 0.29) is 11.9 Å². The number of nitrogens with one attached hydrogen (secondary N) is 1. The van der Waals surface area contributed by atoms with Crippen LogP contribution in [0.2, 0.25) is 0 Å². The molecule has 1 heterocycles. The third-order valence-corrected chi connectivity index (χ3v) is 4.06. The summed E-state index contributed by atoms with van der Waals surface area (Å²) in [4.78, 5) is 14.5. The highest BCUT2D eigenvalue weighted by Crippen LogP contribution is 2.18. The first-order chi connectivity index (χ1) is 10.1. The lowest BCUT2D eigenvalue weighted by Crippen LogP contribution is -2.47. The summed E-state index contributed by atoms with van der Waals surface area (Å²) in [6, 6.07) is 9.24. The van der Waals surface area contributed by atoms with Crippen LogP contribution in [-0.2, 0) is 9.53 Å². The zero-order valence-electron chi connectivity index (χ0n) is 12.5. The first-order valence-electron chi connectivity index (χ1n) is 7.23. The zero-order valence-corrected chi connectivity index (χ0v) is 12.5. The van der Waals surface area contributed by atoms with Crippen molar-refractivity contribution in [2.24, 2.45) is 0 Å². The van der Waals surface area contributed by atoms with Crippen LogP contribution in [0, 0.1) is 11.3 Å². The molecule has 1 N–H and O–H groups in total. The van der Waals surface area contributed by atoms with Crippen LogP contribution in [0.5, 0.6) is 0 Å². The van der Waals surface area contributed by atoms with Crippen molar-refractivity contribution in [1.29, 1.82) is 5.26 Å². The highest BCUT2D eigenvalue weighted by Gasteiger charge is 2.26. The van der Waals surface area contributed by atoms with Gasteiger partial charge in [0.25, 0.3) is 0 Å². The molecule has 1 atom stereocenters. The molecule has 21 heavy (non-hydrogen) atoms. The summed E-state index contributed by atoms with van der Waals surface area (Å²) in [7, 11) is 1.97. The molecule has 1 unspecified atom stereocenters. The second-order valence-corrected chi connectivity index (χ2v) is 5.33. The maximum absolute atomic E-state index is 12.4. The molecule has 1 aliphatic rings. The number of rotatable bonds is 4. The minimum atomic E-state index is -0.250. The van der Waals surface area contributed by atoms with Crippen molar-refractivity contribution in [3.63, 3.8) is 0 Å². The lowest BCUT2D eigenvalue weighted by Gasteiger charge is -2.34. The molecular weight excluding hydrogens is 266 g/mol. The van der Waals surface area contributed by atoms with Gasteiger partial charge in [0.2, 0.25) is 5.91 Å². The molecule has 1 aromatic rings. The normalized spacial score (nSPS) is 17.2. The van der Waals surface area contributed by atoms with E-state index in [0.717, 1.165) is 26.1 Å². The molecule has 1 aliphatic heterocycles. The summed E-state index contributed by atoms with van der Waals surface area (Å²) in [5.74, 6) is -0.0910. The maximum Gasteiger partial charge on any atom is 0.241 e. The number of carbonyl (C=O) groups is 1. The number of nitrogens with zero attached hydrogens (tertiary/aromatic N) is 2. The van der Waals surface area contributed by atoms with Crippen molar-refractivity contribution < 1.29 is 9.53 Å². The van der Waals surface area contributed by atoms with Crippen LogP contribution in [0.15, 0.2) is 24.3 Å². The summed E-state index contributed by atoms with van der Waals surface area (Å²) in [6.45, 7) is 3.39. The molecule has 0 radical (unpaired) electrons. The van der Waals surface area contributed by atoms with Crippen LogP contribution in [-0.4, -0.2) is 43.2 Å². The minimum absolute atomic E-state index is 0.0910. The van der Waals surface area contributed by atoms with Crippen molar-refractivity contribution in [3.8, 4) is 6.07 Å². The molecule has 5 nitrogen and oxygen atoms in total. The first-order valence-corrected chi connectivity index (χ1v) is 7.23. The fourth-order valence-corrected chi connectivity index (χ4v) is 2.52. The number of likely N-dealkylation sites (N-methyl/N-ethyl adjacent to an activating group) is 1. The van der Waals surface area contributed by atoms with E-state index >= 15 is 0 Å². The van der Waals surface area contributed by atoms with E-state index < -0.39 is 0 Å². The van der Waals surface area contributed by atoms with Crippen LogP contribution in [0.25, 0.3) is 0 Å². The Kier molecular flexibility index (Phi) is 5.32. The van der Waals surface area contributed by atoms with Crippen LogP contribution in [0.3, 0.4) is 0 Å². The van der Waals surface area contributed by atoms with Crippen LogP contribution in [0.1, 0.15) is 25.3 Å². The van der Waals surface area contributed by atoms with Gasteiger partial charge in [-0.2, -0.15) is 5.26 Å². The third-order valence-electron chi connectivity index (χ3n) is 4.06. The zero-order chi connectivity index (χ0) is 15.2. The lowest BCUT2D eigenvalue weighted by molar-refractivity contribution is -0.121. The molecule has 1 aromatic carbocycles. The molecule has 5 heteroatoms. The summed E-state index contributed by atoms with van der Waals surface area (Å²) < 4.78 is 5.35. The SMILES string of the molecule is CC(C(=O)Nc1ccccc1C#N)N(C)C1CCOCC1. The topological polar surface area (TPSA) is 65.4 Å². The molecule has 2 rings (SSSR count). The lowest BCUT2D eigenvalue weighted by atomic mass is 10.1. The minimum Gasteiger partial charge on any atom is -0.381 e. The van der Waals surface area contributed by atoms with Crippen LogP contribution < -0.4 is 5.32 Å². The van der Waals surface area contributed by atoms with E-state index in [2.05, 4.69) is 16.3 Å². The summed E-state index contributed by atoms with van der Waals surface area (Å²) in [6.07, 6.45) is 1.89. The molecular formula is C16H21N3O2. The van der Waals surface area contributed by atoms with Gasteiger partial charge >= 0.3 is 0 Å². The molecule has 112 valence electrons. The molecule has 1 fully saturated rings. The van der Waals surface area contributed by atoms with Crippen molar-refractivity contribution in [1.82, 2.24) is 4.90 Å². The first kappa shape index (κ1) is 15.5. The van der Waals surface area contributed by atoms with E-state index in [1.54, 1.807) is 18.2 Å². The quantitative estimate of drug-likeness (QED) is 0.920. The molecule has 0 aliphatic carbocycles. The molecule has 0 bridgehead atoms. The fourth-order valence-electron chi connectivity index (χ4n) is 2.52. The smallest absolute Gasteiger partial charge is 0.241 e. The number of benzene rings is 1. The number of amides is 1. The van der Waals surface area contributed by atoms with Gasteiger partial charge in [-0.25, -0.2) is 0 Å². The Balaban J connectivity index is 2.00. The molecule has 1 saturated heterocycles. The van der Waals surface area contributed by atoms with E-state index in [0.29, 0.717) is 17.3 Å². The molecule has 0 saturated carbocycles. The van der Waals surface area contributed by atoms with Crippen molar-refractivity contribution in [3.05, 3.63) is 29.8 Å². The average molecular weight is 287 g/mol. The van der Waals surface area contributed by atoms with Crippen LogP contribution in [0.4, 0.5) is 5.69 Å². The number of anilines is 1. The summed E-state index contributed by atoms with van der Waals surface area (Å²) in [5.41, 5.74) is 1.05. The number of ether oxygens (including phenoxy) is 1. The number of hydrogen-bond acceptors (Lipinski definition) is 4. The van der Waals surface area contributed by atoms with E-state index in [1.807, 2.05) is 20.0 Å². The van der Waals surface area contributed by atoms with Gasteiger partial charge in [0, 0.05) is 19.3 Å². The van der Waals surface area contributed by atoms with Gasteiger partial charge in [-0.3, -0.25) is 9.69 Å². The second-order valence-electron chi connectivity index (χ2n) is 5.33. The Morgan fingerprint density at radius 3 is 2.76 bits per heavy atom. The predicted molar refractivity (Wildman–Crippen MR) is 80.9 cm³/mol. The van der Waals surface area contributed by atoms with Crippen molar-refractivity contribution in [2.45, 2.75) is 31.8 Å². The molecule has 0 aromatic heterocycles. The standard InChI is InChI=1S/C16H21N3O2/c1-12(19(2)14-7-9-21-10-8-14)16(20)18-15-6-4-3-5-13(15)11-17/h3-6,12,14H,7-10H2,1-2H3,(H,18,20). The summed E-state index contributed by atoms with van der Waals surface area (Å²) in [5, 5.41) is 11.9. The Morgan fingerprint density at radius 2 is 2.10 bits per heavy atom. The fraction of sp³-hybridized carbons (Fsp3) is 0.500. The predicted octanol–water partition coefficient (Wildman–Crippen LogP) is 2.00. The Bertz CT molecular complexity index is 533. The molecule has 0 spiro atoms. The monoisotopic (exact) mass is 287 g/mol. The van der Waals surface area contributed by atoms with Crippen molar-refractivity contribution in [2.75, 3.05) is 25.6 Å². The van der Waals surface area contributed by atoms with Gasteiger partial charge in [-0.15, -0.1) is 0 Å². The van der Waals surface area contributed by atoms with Gasteiger partial charge in [-0.1, -0.05) is 12.1 Å². The van der Waals surface area contributed by atoms with Gasteiger partial charge in [0.15, 0.2) is 0 Å². The largest absolute Gasteiger partial charge is 0.381 e. The van der Waals surface area contributed by atoms with E-state index in [9.17, 15) is 4.79 Å². The number of hydrogen-bond donors (Lipinski definition) is 1. The molecule has 1 amide bonds. The maximum atomic E-state index is 12.4. The van der Waals surface area contributed by atoms with E-state index in [4.69, 9.17) is 10.00 Å².